The van der Waals surface area contributed by atoms with E-state index in [0.717, 1.165) is 30.3 Å². The molecule has 186 valence electrons. The fourth-order valence-corrected chi connectivity index (χ4v) is 4.79. The Bertz CT molecular complexity index is 1370. The molecule has 36 heavy (non-hydrogen) atoms. The van der Waals surface area contributed by atoms with Crippen LogP contribution in [0.4, 0.5) is 18.9 Å². The summed E-state index contributed by atoms with van der Waals surface area (Å²) >= 11 is 12.5. The number of fused-ring (bicyclic) bond motifs is 1. The molecule has 0 aromatic heterocycles. The Morgan fingerprint density at radius 2 is 1.67 bits per heavy atom. The van der Waals surface area contributed by atoms with Crippen molar-refractivity contribution in [2.24, 2.45) is 0 Å². The minimum atomic E-state index is -1.54. The van der Waals surface area contributed by atoms with Crippen molar-refractivity contribution in [1.29, 1.82) is 0 Å². The van der Waals surface area contributed by atoms with Crippen molar-refractivity contribution >= 4 is 46.7 Å². The molecule has 4 rings (SSSR count). The Labute approximate surface area is 213 Å². The Balaban J connectivity index is 1.72. The van der Waals surface area contributed by atoms with Gasteiger partial charge in [-0.1, -0.05) is 41.4 Å². The summed E-state index contributed by atoms with van der Waals surface area (Å²) in [7, 11) is 0. The van der Waals surface area contributed by atoms with Gasteiger partial charge >= 0.3 is 5.97 Å². The topological polar surface area (TPSA) is 95.5 Å². The molecule has 0 saturated heterocycles. The highest BCUT2D eigenvalue weighted by molar-refractivity contribution is 6.39. The largest absolute Gasteiger partial charge is 0.480 e. The van der Waals surface area contributed by atoms with E-state index in [1.54, 1.807) is 12.1 Å². The van der Waals surface area contributed by atoms with Crippen molar-refractivity contribution in [2.75, 3.05) is 5.32 Å². The maximum absolute atomic E-state index is 14.0. The van der Waals surface area contributed by atoms with Crippen LogP contribution < -0.4 is 10.6 Å². The summed E-state index contributed by atoms with van der Waals surface area (Å²) in [5.74, 6) is -5.85. The third-order valence-corrected chi connectivity index (χ3v) is 6.37. The second kappa shape index (κ2) is 10.2. The first-order valence-corrected chi connectivity index (χ1v) is 11.4. The van der Waals surface area contributed by atoms with Gasteiger partial charge in [-0.2, -0.15) is 0 Å². The van der Waals surface area contributed by atoms with E-state index in [4.69, 9.17) is 23.2 Å². The molecule has 0 radical (unpaired) electrons. The van der Waals surface area contributed by atoms with Crippen molar-refractivity contribution in [3.63, 3.8) is 0 Å². The van der Waals surface area contributed by atoms with Crippen LogP contribution in [0.2, 0.25) is 10.0 Å². The predicted octanol–water partition coefficient (Wildman–Crippen LogP) is 5.39. The zero-order valence-electron chi connectivity index (χ0n) is 18.3. The highest BCUT2D eigenvalue weighted by atomic mass is 35.5. The van der Waals surface area contributed by atoms with Crippen LogP contribution in [-0.2, 0) is 22.4 Å². The van der Waals surface area contributed by atoms with Crippen LogP contribution in [0.3, 0.4) is 0 Å². The number of benzene rings is 3. The van der Waals surface area contributed by atoms with E-state index in [2.05, 4.69) is 10.6 Å². The molecule has 3 N–H and O–H groups in total. The van der Waals surface area contributed by atoms with Crippen LogP contribution in [-0.4, -0.2) is 28.9 Å². The van der Waals surface area contributed by atoms with E-state index in [0.29, 0.717) is 22.4 Å². The van der Waals surface area contributed by atoms with Crippen molar-refractivity contribution in [2.45, 2.75) is 25.3 Å². The maximum Gasteiger partial charge on any atom is 0.326 e. The smallest absolute Gasteiger partial charge is 0.326 e. The van der Waals surface area contributed by atoms with E-state index in [1.807, 2.05) is 0 Å². The highest BCUT2D eigenvalue weighted by Gasteiger charge is 2.29. The van der Waals surface area contributed by atoms with Gasteiger partial charge in [0.2, 0.25) is 5.91 Å². The number of carbonyl (C=O) groups excluding carboxylic acids is 2. The number of carbonyl (C=O) groups is 3. The second-order valence-corrected chi connectivity index (χ2v) is 8.90. The van der Waals surface area contributed by atoms with Gasteiger partial charge in [-0.05, 0) is 41.8 Å². The first kappa shape index (κ1) is 25.5. The summed E-state index contributed by atoms with van der Waals surface area (Å²) in [6.45, 7) is 0. The predicted molar refractivity (Wildman–Crippen MR) is 128 cm³/mol. The standard InChI is InChI=1S/C25H17Cl2F3N2O4/c26-15-9-12(28)10-16(27)21(15)14-5-4-11(13-6-7-20(33)32-23(13)14)8-19(25(35)36)31-24(34)22-17(29)2-1-3-18(22)30/h1-5,9-10,19H,6-8H2,(H,31,34)(H,32,33)(H,35,36). The number of carboxylic acid groups (broad SMARTS) is 1. The number of amides is 2. The van der Waals surface area contributed by atoms with Crippen LogP contribution in [0.25, 0.3) is 11.1 Å². The molecule has 1 heterocycles. The van der Waals surface area contributed by atoms with Gasteiger partial charge in [0.25, 0.3) is 5.91 Å². The molecular weight excluding hydrogens is 520 g/mol. The molecular formula is C25H17Cl2F3N2O4. The molecule has 0 fully saturated rings. The summed E-state index contributed by atoms with van der Waals surface area (Å²) < 4.78 is 41.7. The first-order chi connectivity index (χ1) is 17.1. The van der Waals surface area contributed by atoms with Gasteiger partial charge in [-0.3, -0.25) is 9.59 Å². The average molecular weight is 537 g/mol. The molecule has 1 atom stereocenters. The van der Waals surface area contributed by atoms with Gasteiger partial charge in [-0.15, -0.1) is 0 Å². The molecule has 3 aromatic carbocycles. The lowest BCUT2D eigenvalue weighted by Gasteiger charge is -2.25. The molecule has 6 nitrogen and oxygen atoms in total. The van der Waals surface area contributed by atoms with Crippen LogP contribution in [0.5, 0.6) is 0 Å². The summed E-state index contributed by atoms with van der Waals surface area (Å²) in [6.07, 6.45) is 0.0996. The zero-order chi connectivity index (χ0) is 26.1. The average Bonchev–Trinajstić information content (AvgIpc) is 2.78. The zero-order valence-corrected chi connectivity index (χ0v) is 19.8. The van der Waals surface area contributed by atoms with Crippen molar-refractivity contribution in [3.05, 3.63) is 86.7 Å². The third kappa shape index (κ3) is 5.03. The summed E-state index contributed by atoms with van der Waals surface area (Å²) in [5.41, 5.74) is 1.15. The quantitative estimate of drug-likeness (QED) is 0.393. The molecule has 11 heteroatoms. The molecule has 0 saturated carbocycles. The molecule has 2 amide bonds. The molecule has 0 bridgehead atoms. The Kier molecular flexibility index (Phi) is 7.23. The van der Waals surface area contributed by atoms with Gasteiger partial charge in [0.1, 0.15) is 29.1 Å². The molecule has 0 spiro atoms. The van der Waals surface area contributed by atoms with Gasteiger partial charge in [0.05, 0.1) is 15.7 Å². The number of aliphatic carboxylic acids is 1. The third-order valence-electron chi connectivity index (χ3n) is 5.77. The highest BCUT2D eigenvalue weighted by Crippen LogP contribution is 2.43. The summed E-state index contributed by atoms with van der Waals surface area (Å²) in [4.78, 5) is 36.6. The number of halogens is 5. The Hall–Kier alpha value is -3.56. The van der Waals surface area contributed by atoms with Crippen LogP contribution in [0, 0.1) is 17.5 Å². The Morgan fingerprint density at radius 1 is 1.03 bits per heavy atom. The molecule has 1 unspecified atom stereocenters. The lowest BCUT2D eigenvalue weighted by atomic mass is 9.88. The lowest BCUT2D eigenvalue weighted by molar-refractivity contribution is -0.139. The van der Waals surface area contributed by atoms with E-state index in [-0.39, 0.29) is 40.8 Å². The summed E-state index contributed by atoms with van der Waals surface area (Å²) in [6, 6.07) is 6.58. The van der Waals surface area contributed by atoms with Crippen LogP contribution >= 0.6 is 23.2 Å². The van der Waals surface area contributed by atoms with Crippen molar-refractivity contribution < 1.29 is 32.7 Å². The number of anilines is 1. The van der Waals surface area contributed by atoms with E-state index in [9.17, 15) is 32.7 Å². The lowest BCUT2D eigenvalue weighted by Crippen LogP contribution is -2.43. The minimum Gasteiger partial charge on any atom is -0.480 e. The molecule has 1 aliphatic rings. The summed E-state index contributed by atoms with van der Waals surface area (Å²) in [5, 5.41) is 14.6. The monoisotopic (exact) mass is 536 g/mol. The second-order valence-electron chi connectivity index (χ2n) is 8.08. The van der Waals surface area contributed by atoms with Gasteiger partial charge in [-0.25, -0.2) is 18.0 Å². The van der Waals surface area contributed by atoms with Gasteiger partial charge in [0, 0.05) is 24.0 Å². The van der Waals surface area contributed by atoms with Crippen LogP contribution in [0.15, 0.2) is 42.5 Å². The van der Waals surface area contributed by atoms with E-state index in [1.165, 1.54) is 0 Å². The number of hydrogen-bond acceptors (Lipinski definition) is 3. The molecule has 0 aliphatic carbocycles. The fraction of sp³-hybridized carbons (Fsp3) is 0.160. The van der Waals surface area contributed by atoms with E-state index >= 15 is 0 Å². The van der Waals surface area contributed by atoms with Crippen LogP contribution in [0.1, 0.15) is 27.9 Å². The first-order valence-electron chi connectivity index (χ1n) is 10.6. The molecule has 3 aromatic rings. The van der Waals surface area contributed by atoms with Gasteiger partial charge in [0.15, 0.2) is 0 Å². The number of nitrogens with one attached hydrogen (secondary N) is 2. The minimum absolute atomic E-state index is 0.0114. The SMILES string of the molecule is O=C1CCc2c(CC(NC(=O)c3c(F)cccc3F)C(=O)O)ccc(-c3c(Cl)cc(F)cc3Cl)c2N1. The Morgan fingerprint density at radius 3 is 2.28 bits per heavy atom. The van der Waals surface area contributed by atoms with Gasteiger partial charge < -0.3 is 15.7 Å². The maximum atomic E-state index is 14.0. The number of carboxylic acids is 1. The van der Waals surface area contributed by atoms with Crippen molar-refractivity contribution in [3.8, 4) is 11.1 Å². The van der Waals surface area contributed by atoms with Crippen molar-refractivity contribution in [1.82, 2.24) is 5.32 Å². The molecule has 1 aliphatic heterocycles. The number of hydrogen-bond donors (Lipinski definition) is 3. The fourth-order valence-electron chi connectivity index (χ4n) is 4.12. The van der Waals surface area contributed by atoms with E-state index < -0.39 is 40.9 Å². The number of rotatable bonds is 6. The normalized spacial score (nSPS) is 13.5.